The molecule has 1 aliphatic rings. The summed E-state index contributed by atoms with van der Waals surface area (Å²) >= 11 is 0. The van der Waals surface area contributed by atoms with Crippen molar-refractivity contribution in [3.05, 3.63) is 78.6 Å². The van der Waals surface area contributed by atoms with Crippen molar-refractivity contribution in [1.82, 2.24) is 14.5 Å². The van der Waals surface area contributed by atoms with E-state index in [0.717, 1.165) is 5.56 Å². The maximum atomic E-state index is 12.8. The molecule has 0 aliphatic heterocycles. The molecule has 0 bridgehead atoms. The number of hydrogen-bond acceptors (Lipinski definition) is 4. The zero-order valence-electron chi connectivity index (χ0n) is 14.2. The molecule has 0 radical (unpaired) electrons. The normalized spacial score (nSPS) is 21.7. The van der Waals surface area contributed by atoms with Crippen LogP contribution in [0.3, 0.4) is 0 Å². The van der Waals surface area contributed by atoms with Crippen LogP contribution in [-0.4, -0.2) is 34.8 Å². The van der Waals surface area contributed by atoms with E-state index in [1.807, 2.05) is 24.3 Å². The minimum absolute atomic E-state index is 0.0781. The van der Waals surface area contributed by atoms with E-state index in [1.165, 1.54) is 17.1 Å². The molecule has 3 aromatic rings. The van der Waals surface area contributed by atoms with Crippen LogP contribution < -0.4 is 4.72 Å². The topological polar surface area (TPSA) is 101 Å². The monoisotopic (exact) mass is 383 g/mol. The van der Waals surface area contributed by atoms with Crippen LogP contribution in [0.25, 0.3) is 5.69 Å². The largest absolute Gasteiger partial charge is 0.480 e. The summed E-state index contributed by atoms with van der Waals surface area (Å²) in [7, 11) is -4.04. The average Bonchev–Trinajstić information content (AvgIpc) is 3.16. The van der Waals surface area contributed by atoms with Crippen LogP contribution in [0, 0.1) is 0 Å². The van der Waals surface area contributed by atoms with Gasteiger partial charge in [0.05, 0.1) is 18.1 Å². The van der Waals surface area contributed by atoms with Crippen LogP contribution in [0.5, 0.6) is 0 Å². The van der Waals surface area contributed by atoms with Gasteiger partial charge in [-0.2, -0.15) is 9.82 Å². The Kier molecular flexibility index (Phi) is 4.09. The van der Waals surface area contributed by atoms with Crippen LogP contribution in [0.15, 0.2) is 78.0 Å². The Morgan fingerprint density at radius 2 is 1.74 bits per heavy atom. The Bertz CT molecular complexity index is 1080. The first-order chi connectivity index (χ1) is 12.9. The maximum Gasteiger partial charge on any atom is 0.325 e. The smallest absolute Gasteiger partial charge is 0.325 e. The zero-order valence-corrected chi connectivity index (χ0v) is 15.0. The lowest BCUT2D eigenvalue weighted by molar-refractivity contribution is -0.140. The van der Waals surface area contributed by atoms with Crippen LogP contribution in [-0.2, 0) is 14.8 Å². The number of rotatable bonds is 6. The van der Waals surface area contributed by atoms with E-state index in [0.29, 0.717) is 5.69 Å². The summed E-state index contributed by atoms with van der Waals surface area (Å²) in [5.41, 5.74) is -0.0299. The number of nitrogens with one attached hydrogen (secondary N) is 1. The fraction of sp³-hybridized carbons (Fsp3) is 0.158. The molecule has 1 aliphatic carbocycles. The summed E-state index contributed by atoms with van der Waals surface area (Å²) in [5.74, 6) is -1.59. The summed E-state index contributed by atoms with van der Waals surface area (Å²) < 4.78 is 29.4. The molecule has 2 aromatic carbocycles. The van der Waals surface area contributed by atoms with E-state index < -0.39 is 27.4 Å². The second kappa shape index (κ2) is 6.33. The van der Waals surface area contributed by atoms with Crippen LogP contribution in [0.2, 0.25) is 0 Å². The molecule has 138 valence electrons. The Balaban J connectivity index is 1.61. The molecular weight excluding hydrogens is 366 g/mol. The van der Waals surface area contributed by atoms with Gasteiger partial charge >= 0.3 is 5.97 Å². The van der Waals surface area contributed by atoms with Gasteiger partial charge < -0.3 is 5.11 Å². The molecule has 8 heteroatoms. The van der Waals surface area contributed by atoms with Crippen LogP contribution in [0.4, 0.5) is 0 Å². The Morgan fingerprint density at radius 3 is 2.37 bits per heavy atom. The van der Waals surface area contributed by atoms with E-state index in [9.17, 15) is 18.3 Å². The second-order valence-corrected chi connectivity index (χ2v) is 8.19. The Labute approximate surface area is 156 Å². The first-order valence-corrected chi connectivity index (χ1v) is 9.83. The van der Waals surface area contributed by atoms with Gasteiger partial charge in [0, 0.05) is 5.92 Å². The number of nitrogens with zero attached hydrogens (tertiary/aromatic N) is 2. The number of carboxylic acids is 1. The summed E-state index contributed by atoms with van der Waals surface area (Å²) in [6, 6.07) is 18.1. The van der Waals surface area contributed by atoms with Gasteiger partial charge in [-0.05, 0) is 24.1 Å². The Hall–Kier alpha value is -2.97. The molecule has 27 heavy (non-hydrogen) atoms. The molecule has 0 spiro atoms. The zero-order chi connectivity index (χ0) is 19.1. The number of aromatic nitrogens is 2. The fourth-order valence-electron chi connectivity index (χ4n) is 3.21. The number of para-hydroxylation sites is 1. The number of hydrogen-bond donors (Lipinski definition) is 2. The van der Waals surface area contributed by atoms with E-state index in [-0.39, 0.29) is 11.3 Å². The summed E-state index contributed by atoms with van der Waals surface area (Å²) in [5, 5.41) is 13.8. The van der Waals surface area contributed by atoms with Gasteiger partial charge in [-0.1, -0.05) is 48.5 Å². The minimum Gasteiger partial charge on any atom is -0.480 e. The number of aliphatic carboxylic acids is 1. The van der Waals surface area contributed by atoms with Crippen molar-refractivity contribution >= 4 is 16.0 Å². The van der Waals surface area contributed by atoms with Gasteiger partial charge in [-0.25, -0.2) is 13.1 Å². The molecule has 1 fully saturated rings. The summed E-state index contributed by atoms with van der Waals surface area (Å²) in [6.45, 7) is 0. The van der Waals surface area contributed by atoms with E-state index in [1.54, 1.807) is 36.4 Å². The van der Waals surface area contributed by atoms with Gasteiger partial charge in [0.2, 0.25) is 10.0 Å². The van der Waals surface area contributed by atoms with Gasteiger partial charge in [0.25, 0.3) is 0 Å². The molecule has 2 N–H and O–H groups in total. The van der Waals surface area contributed by atoms with E-state index >= 15 is 0 Å². The highest BCUT2D eigenvalue weighted by atomic mass is 32.2. The van der Waals surface area contributed by atoms with E-state index in [2.05, 4.69) is 9.82 Å². The molecule has 2 atom stereocenters. The van der Waals surface area contributed by atoms with Crippen molar-refractivity contribution in [3.8, 4) is 5.69 Å². The molecule has 0 saturated heterocycles. The highest BCUT2D eigenvalue weighted by Gasteiger charge is 2.63. The third kappa shape index (κ3) is 3.13. The lowest BCUT2D eigenvalue weighted by Crippen LogP contribution is -2.44. The number of sulfonamides is 1. The van der Waals surface area contributed by atoms with Gasteiger partial charge in [0.15, 0.2) is 0 Å². The number of carbonyl (C=O) groups is 1. The van der Waals surface area contributed by atoms with Crippen LogP contribution in [0.1, 0.15) is 17.9 Å². The average molecular weight is 383 g/mol. The molecule has 1 aromatic heterocycles. The first-order valence-electron chi connectivity index (χ1n) is 8.35. The lowest BCUT2D eigenvalue weighted by atomic mass is 10.1. The van der Waals surface area contributed by atoms with Crippen molar-refractivity contribution in [2.75, 3.05) is 0 Å². The highest BCUT2D eigenvalue weighted by molar-refractivity contribution is 7.89. The predicted octanol–water partition coefficient (Wildman–Crippen LogP) is 2.16. The molecule has 7 nitrogen and oxygen atoms in total. The van der Waals surface area contributed by atoms with Crippen molar-refractivity contribution in [1.29, 1.82) is 0 Å². The van der Waals surface area contributed by atoms with Gasteiger partial charge in [0.1, 0.15) is 10.4 Å². The predicted molar refractivity (Wildman–Crippen MR) is 98.1 cm³/mol. The van der Waals surface area contributed by atoms with E-state index in [4.69, 9.17) is 0 Å². The van der Waals surface area contributed by atoms with Gasteiger partial charge in [-0.15, -0.1) is 0 Å². The maximum absolute atomic E-state index is 12.8. The molecule has 1 heterocycles. The Morgan fingerprint density at radius 1 is 1.11 bits per heavy atom. The molecule has 1 saturated carbocycles. The van der Waals surface area contributed by atoms with Crippen LogP contribution >= 0.6 is 0 Å². The minimum atomic E-state index is -4.04. The second-order valence-electron chi connectivity index (χ2n) is 6.51. The fourth-order valence-corrected chi connectivity index (χ4v) is 4.54. The molecule has 0 unspecified atom stereocenters. The highest BCUT2D eigenvalue weighted by Crippen LogP contribution is 2.52. The standard InChI is InChI=1S/C19H17N3O4S/c23-18(24)19(11-17(19)14-7-3-1-4-8-14)21-27(25,26)16-12-20-22(13-16)15-9-5-2-6-10-15/h1-10,12-13,17,21H,11H2,(H,23,24)/t17-,19-/m0/s1. The van der Waals surface area contributed by atoms with Crippen molar-refractivity contribution in [3.63, 3.8) is 0 Å². The SMILES string of the molecule is O=C(O)[C@]1(NS(=O)(=O)c2cnn(-c3ccccc3)c2)C[C@H]1c1ccccc1. The third-order valence-corrected chi connectivity index (χ3v) is 6.22. The number of benzene rings is 2. The first kappa shape index (κ1) is 17.4. The van der Waals surface area contributed by atoms with Crippen molar-refractivity contribution < 1.29 is 18.3 Å². The van der Waals surface area contributed by atoms with Crippen molar-refractivity contribution in [2.24, 2.45) is 0 Å². The van der Waals surface area contributed by atoms with Crippen molar-refractivity contribution in [2.45, 2.75) is 22.8 Å². The molecular formula is C19H17N3O4S. The summed E-state index contributed by atoms with van der Waals surface area (Å²) in [6.07, 6.45) is 2.79. The third-order valence-electron chi connectivity index (χ3n) is 4.75. The lowest BCUT2D eigenvalue weighted by Gasteiger charge is -2.14. The van der Waals surface area contributed by atoms with Gasteiger partial charge in [-0.3, -0.25) is 4.79 Å². The quantitative estimate of drug-likeness (QED) is 0.679. The summed E-state index contributed by atoms with van der Waals surface area (Å²) in [4.78, 5) is 11.8. The number of carboxylic acid groups (broad SMARTS) is 1. The molecule has 0 amide bonds. The molecule has 4 rings (SSSR count).